The van der Waals surface area contributed by atoms with Crippen LogP contribution in [0.4, 0.5) is 0 Å². The van der Waals surface area contributed by atoms with Crippen molar-refractivity contribution in [1.82, 2.24) is 4.98 Å². The second kappa shape index (κ2) is 5.89. The van der Waals surface area contributed by atoms with Crippen molar-refractivity contribution in [3.05, 3.63) is 48.3 Å². The van der Waals surface area contributed by atoms with E-state index in [1.54, 1.807) is 30.9 Å². The molecule has 0 fully saturated rings. The van der Waals surface area contributed by atoms with Crippen molar-refractivity contribution in [3.8, 4) is 11.5 Å². The van der Waals surface area contributed by atoms with Crippen LogP contribution >= 0.6 is 11.8 Å². The molecular formula is C14H15NO2S. The quantitative estimate of drug-likeness (QED) is 0.853. The third-order valence-corrected chi connectivity index (χ3v) is 3.26. The van der Waals surface area contributed by atoms with Crippen molar-refractivity contribution >= 4 is 11.8 Å². The Balaban J connectivity index is 2.18. The predicted octanol–water partition coefficient (Wildman–Crippen LogP) is 3.65. The van der Waals surface area contributed by atoms with Crippen LogP contribution in [0.5, 0.6) is 11.5 Å². The number of aliphatic hydroxyl groups is 1. The Morgan fingerprint density at radius 1 is 1.22 bits per heavy atom. The average Bonchev–Trinajstić information content (AvgIpc) is 2.40. The van der Waals surface area contributed by atoms with E-state index in [2.05, 4.69) is 4.98 Å². The maximum absolute atomic E-state index is 9.38. The van der Waals surface area contributed by atoms with Gasteiger partial charge in [0.2, 0.25) is 0 Å². The highest BCUT2D eigenvalue weighted by molar-refractivity contribution is 7.98. The number of aliphatic hydroxyl groups excluding tert-OH is 1. The number of rotatable bonds is 4. The fourth-order valence-corrected chi connectivity index (χ4v) is 2.05. The molecule has 0 amide bonds. The number of hydrogen-bond acceptors (Lipinski definition) is 4. The van der Waals surface area contributed by atoms with E-state index in [1.165, 1.54) is 0 Å². The van der Waals surface area contributed by atoms with E-state index >= 15 is 0 Å². The lowest BCUT2D eigenvalue weighted by molar-refractivity contribution is 0.194. The van der Waals surface area contributed by atoms with Crippen molar-refractivity contribution in [2.45, 2.75) is 17.9 Å². The van der Waals surface area contributed by atoms with Gasteiger partial charge in [0.15, 0.2) is 0 Å². The van der Waals surface area contributed by atoms with Crippen LogP contribution in [0.25, 0.3) is 0 Å². The van der Waals surface area contributed by atoms with Gasteiger partial charge in [0.25, 0.3) is 0 Å². The average molecular weight is 261 g/mol. The third kappa shape index (κ3) is 3.03. The van der Waals surface area contributed by atoms with Gasteiger partial charge in [0.1, 0.15) is 11.5 Å². The molecule has 0 unspecified atom stereocenters. The van der Waals surface area contributed by atoms with E-state index in [4.69, 9.17) is 4.74 Å². The summed E-state index contributed by atoms with van der Waals surface area (Å²) in [6.45, 7) is 1.69. The normalized spacial score (nSPS) is 12.2. The largest absolute Gasteiger partial charge is 0.455 e. The summed E-state index contributed by atoms with van der Waals surface area (Å²) in [5.41, 5.74) is 0.639. The summed E-state index contributed by atoms with van der Waals surface area (Å²) >= 11 is 1.64. The van der Waals surface area contributed by atoms with Crippen LogP contribution in [-0.2, 0) is 0 Å². The van der Waals surface area contributed by atoms with Gasteiger partial charge < -0.3 is 9.84 Å². The zero-order valence-corrected chi connectivity index (χ0v) is 11.1. The molecule has 1 aromatic heterocycles. The number of para-hydroxylation sites is 1. The maximum atomic E-state index is 9.38. The van der Waals surface area contributed by atoms with Crippen molar-refractivity contribution in [3.63, 3.8) is 0 Å². The molecule has 0 aliphatic carbocycles. The zero-order chi connectivity index (χ0) is 13.0. The standard InChI is InChI=1S/C14H15NO2S/c1-10(16)12-8-7-11(9-15-12)17-13-5-3-4-6-14(13)18-2/h3-10,16H,1-2H3/t10-/m1/s1. The van der Waals surface area contributed by atoms with Gasteiger partial charge in [-0.1, -0.05) is 12.1 Å². The van der Waals surface area contributed by atoms with Gasteiger partial charge in [-0.15, -0.1) is 11.8 Å². The molecule has 94 valence electrons. The Morgan fingerprint density at radius 3 is 2.61 bits per heavy atom. The summed E-state index contributed by atoms with van der Waals surface area (Å²) in [7, 11) is 0. The van der Waals surface area contributed by atoms with E-state index in [0.717, 1.165) is 10.6 Å². The van der Waals surface area contributed by atoms with Crippen LogP contribution in [0.3, 0.4) is 0 Å². The molecule has 18 heavy (non-hydrogen) atoms. The molecule has 0 bridgehead atoms. The topological polar surface area (TPSA) is 42.4 Å². The van der Waals surface area contributed by atoms with Crippen LogP contribution < -0.4 is 4.74 Å². The molecular weight excluding hydrogens is 246 g/mol. The number of aromatic nitrogens is 1. The summed E-state index contributed by atoms with van der Waals surface area (Å²) < 4.78 is 5.77. The molecule has 0 aliphatic rings. The number of ether oxygens (including phenoxy) is 1. The molecule has 0 spiro atoms. The van der Waals surface area contributed by atoms with Crippen molar-refractivity contribution < 1.29 is 9.84 Å². The fraction of sp³-hybridized carbons (Fsp3) is 0.214. The van der Waals surface area contributed by atoms with Crippen LogP contribution in [0.15, 0.2) is 47.5 Å². The van der Waals surface area contributed by atoms with Crippen LogP contribution in [-0.4, -0.2) is 16.3 Å². The van der Waals surface area contributed by atoms with E-state index in [-0.39, 0.29) is 0 Å². The Kier molecular flexibility index (Phi) is 4.23. The van der Waals surface area contributed by atoms with Gasteiger partial charge in [-0.3, -0.25) is 4.98 Å². The number of pyridine rings is 1. The van der Waals surface area contributed by atoms with Gasteiger partial charge in [0, 0.05) is 4.90 Å². The molecule has 1 heterocycles. The first-order valence-electron chi connectivity index (χ1n) is 5.65. The minimum atomic E-state index is -0.558. The second-order valence-electron chi connectivity index (χ2n) is 3.85. The first-order chi connectivity index (χ1) is 8.70. The maximum Gasteiger partial charge on any atom is 0.145 e. The predicted molar refractivity (Wildman–Crippen MR) is 73.2 cm³/mol. The molecule has 0 saturated carbocycles. The highest BCUT2D eigenvalue weighted by Gasteiger charge is 2.05. The number of hydrogen-bond donors (Lipinski definition) is 1. The van der Waals surface area contributed by atoms with E-state index in [1.807, 2.05) is 36.6 Å². The van der Waals surface area contributed by atoms with Gasteiger partial charge in [-0.05, 0) is 37.4 Å². The van der Waals surface area contributed by atoms with Gasteiger partial charge >= 0.3 is 0 Å². The molecule has 2 aromatic rings. The first-order valence-corrected chi connectivity index (χ1v) is 6.88. The summed E-state index contributed by atoms with van der Waals surface area (Å²) in [5, 5.41) is 9.38. The lowest BCUT2D eigenvalue weighted by Crippen LogP contribution is -1.95. The molecule has 0 aliphatic heterocycles. The van der Waals surface area contributed by atoms with E-state index in [0.29, 0.717) is 11.4 Å². The number of thioether (sulfide) groups is 1. The number of benzene rings is 1. The first kappa shape index (κ1) is 12.9. The smallest absolute Gasteiger partial charge is 0.145 e. The fourth-order valence-electron chi connectivity index (χ4n) is 1.53. The number of nitrogens with zero attached hydrogens (tertiary/aromatic N) is 1. The Bertz CT molecular complexity index is 511. The molecule has 1 N–H and O–H groups in total. The molecule has 0 saturated heterocycles. The van der Waals surface area contributed by atoms with Crippen molar-refractivity contribution in [1.29, 1.82) is 0 Å². The highest BCUT2D eigenvalue weighted by Crippen LogP contribution is 2.31. The molecule has 3 nitrogen and oxygen atoms in total. The minimum absolute atomic E-state index is 0.558. The SMILES string of the molecule is CSc1ccccc1Oc1ccc([C@@H](C)O)nc1. The molecule has 1 atom stereocenters. The third-order valence-electron chi connectivity index (χ3n) is 2.48. The van der Waals surface area contributed by atoms with Gasteiger partial charge in [0.05, 0.1) is 18.0 Å². The van der Waals surface area contributed by atoms with Crippen LogP contribution in [0, 0.1) is 0 Å². The molecule has 2 rings (SSSR count). The Hall–Kier alpha value is -1.52. The van der Waals surface area contributed by atoms with E-state index in [9.17, 15) is 5.11 Å². The minimum Gasteiger partial charge on any atom is -0.455 e. The van der Waals surface area contributed by atoms with Gasteiger partial charge in [-0.2, -0.15) is 0 Å². The summed E-state index contributed by atoms with van der Waals surface area (Å²) in [6.07, 6.45) is 3.08. The van der Waals surface area contributed by atoms with Crippen molar-refractivity contribution in [2.24, 2.45) is 0 Å². The van der Waals surface area contributed by atoms with E-state index < -0.39 is 6.10 Å². The molecule has 1 aromatic carbocycles. The van der Waals surface area contributed by atoms with Gasteiger partial charge in [-0.25, -0.2) is 0 Å². The lowest BCUT2D eigenvalue weighted by Gasteiger charge is -2.10. The highest BCUT2D eigenvalue weighted by atomic mass is 32.2. The molecule has 4 heteroatoms. The monoisotopic (exact) mass is 261 g/mol. The second-order valence-corrected chi connectivity index (χ2v) is 4.70. The summed E-state index contributed by atoms with van der Waals surface area (Å²) in [4.78, 5) is 5.23. The summed E-state index contributed by atoms with van der Waals surface area (Å²) in [6, 6.07) is 11.4. The molecule has 0 radical (unpaired) electrons. The van der Waals surface area contributed by atoms with Crippen molar-refractivity contribution in [2.75, 3.05) is 6.26 Å². The zero-order valence-electron chi connectivity index (χ0n) is 10.3. The Labute approximate surface area is 111 Å². The van der Waals surface area contributed by atoms with Crippen LogP contribution in [0.2, 0.25) is 0 Å². The summed E-state index contributed by atoms with van der Waals surface area (Å²) in [5.74, 6) is 1.48. The Morgan fingerprint density at radius 2 is 2.00 bits per heavy atom. The van der Waals surface area contributed by atoms with Crippen LogP contribution in [0.1, 0.15) is 18.7 Å². The lowest BCUT2D eigenvalue weighted by atomic mass is 10.2.